The predicted molar refractivity (Wildman–Crippen MR) is 103 cm³/mol. The van der Waals surface area contributed by atoms with E-state index < -0.39 is 0 Å². The van der Waals surface area contributed by atoms with Crippen LogP contribution in [0, 0.1) is 0 Å². The van der Waals surface area contributed by atoms with Gasteiger partial charge >= 0.3 is 0 Å². The molecule has 0 bridgehead atoms. The van der Waals surface area contributed by atoms with E-state index in [2.05, 4.69) is 10.3 Å². The largest absolute Gasteiger partial charge is 0.497 e. The second-order valence-electron chi connectivity index (χ2n) is 6.04. The van der Waals surface area contributed by atoms with E-state index in [1.807, 2.05) is 35.0 Å². The zero-order valence-corrected chi connectivity index (χ0v) is 15.1. The Balaban J connectivity index is 1.52. The summed E-state index contributed by atoms with van der Waals surface area (Å²) >= 11 is 0. The van der Waals surface area contributed by atoms with Gasteiger partial charge in [-0.2, -0.15) is 0 Å². The zero-order valence-electron chi connectivity index (χ0n) is 15.1. The molecule has 3 aromatic rings. The number of carbonyl (C=O) groups is 2. The first-order chi connectivity index (χ1) is 13.2. The van der Waals surface area contributed by atoms with Crippen LogP contribution >= 0.6 is 0 Å². The summed E-state index contributed by atoms with van der Waals surface area (Å²) in [4.78, 5) is 28.5. The summed E-state index contributed by atoms with van der Waals surface area (Å²) in [5, 5.41) is 2.91. The zero-order chi connectivity index (χ0) is 19.1. The van der Waals surface area contributed by atoms with Gasteiger partial charge in [0.05, 0.1) is 24.8 Å². The number of nitrogens with zero attached hydrogens (tertiary/aromatic N) is 2. The Bertz CT molecular complexity index is 903. The smallest absolute Gasteiger partial charge is 0.224 e. The van der Waals surface area contributed by atoms with Gasteiger partial charge in [-0.15, -0.1) is 0 Å². The number of imidazole rings is 1. The van der Waals surface area contributed by atoms with Crippen LogP contribution in [0.25, 0.3) is 5.69 Å². The number of ether oxygens (including phenoxy) is 1. The fourth-order valence-electron chi connectivity index (χ4n) is 2.75. The molecule has 0 saturated carbocycles. The number of methoxy groups -OCH3 is 1. The van der Waals surface area contributed by atoms with Gasteiger partial charge in [-0.3, -0.25) is 9.59 Å². The van der Waals surface area contributed by atoms with Gasteiger partial charge < -0.3 is 14.6 Å². The van der Waals surface area contributed by atoms with E-state index in [-0.39, 0.29) is 18.1 Å². The maximum atomic E-state index is 12.3. The highest BCUT2D eigenvalue weighted by Gasteiger charge is 2.10. The molecule has 1 heterocycles. The summed E-state index contributed by atoms with van der Waals surface area (Å²) in [6.07, 6.45) is 6.27. The van der Waals surface area contributed by atoms with Crippen LogP contribution in [-0.2, 0) is 4.79 Å². The number of para-hydroxylation sites is 2. The lowest BCUT2D eigenvalue weighted by Crippen LogP contribution is -2.13. The molecule has 6 heteroatoms. The Hall–Kier alpha value is -3.41. The van der Waals surface area contributed by atoms with Gasteiger partial charge in [0, 0.05) is 30.8 Å². The Kier molecular flexibility index (Phi) is 5.99. The lowest BCUT2D eigenvalue weighted by molar-refractivity contribution is -0.116. The maximum absolute atomic E-state index is 12.3. The fourth-order valence-corrected chi connectivity index (χ4v) is 2.75. The normalized spacial score (nSPS) is 10.4. The topological polar surface area (TPSA) is 73.2 Å². The average molecular weight is 363 g/mol. The molecule has 0 saturated heterocycles. The molecule has 1 N–H and O–H groups in total. The monoisotopic (exact) mass is 363 g/mol. The summed E-state index contributed by atoms with van der Waals surface area (Å²) in [5.74, 6) is 0.608. The number of nitrogens with one attached hydrogen (secondary N) is 1. The van der Waals surface area contributed by atoms with Crippen molar-refractivity contribution >= 4 is 17.4 Å². The highest BCUT2D eigenvalue weighted by Crippen LogP contribution is 2.20. The summed E-state index contributed by atoms with van der Waals surface area (Å²) < 4.78 is 6.92. The van der Waals surface area contributed by atoms with Crippen molar-refractivity contribution in [1.82, 2.24) is 9.55 Å². The molecule has 0 spiro atoms. The van der Waals surface area contributed by atoms with Crippen molar-refractivity contribution in [2.24, 2.45) is 0 Å². The van der Waals surface area contributed by atoms with Crippen molar-refractivity contribution in [3.05, 3.63) is 72.8 Å². The minimum atomic E-state index is -0.120. The highest BCUT2D eigenvalue weighted by molar-refractivity contribution is 5.97. The number of aromatic nitrogens is 2. The maximum Gasteiger partial charge on any atom is 0.224 e. The van der Waals surface area contributed by atoms with Gasteiger partial charge in [0.2, 0.25) is 5.91 Å². The number of ketones is 1. The van der Waals surface area contributed by atoms with Crippen LogP contribution in [0.4, 0.5) is 5.69 Å². The van der Waals surface area contributed by atoms with Crippen LogP contribution in [-0.4, -0.2) is 28.4 Å². The first kappa shape index (κ1) is 18.4. The third-order valence-electron chi connectivity index (χ3n) is 4.18. The van der Waals surface area contributed by atoms with Crippen molar-refractivity contribution in [1.29, 1.82) is 0 Å². The van der Waals surface area contributed by atoms with E-state index in [1.54, 1.807) is 43.9 Å². The van der Waals surface area contributed by atoms with E-state index in [1.165, 1.54) is 0 Å². The molecule has 0 aliphatic rings. The lowest BCUT2D eigenvalue weighted by Gasteiger charge is -2.11. The Labute approximate surface area is 157 Å². The van der Waals surface area contributed by atoms with Crippen molar-refractivity contribution in [3.8, 4) is 11.4 Å². The molecule has 0 unspecified atom stereocenters. The van der Waals surface area contributed by atoms with Crippen molar-refractivity contribution in [3.63, 3.8) is 0 Å². The molecule has 0 atom stereocenters. The van der Waals surface area contributed by atoms with Crippen molar-refractivity contribution < 1.29 is 14.3 Å². The molecule has 0 fully saturated rings. The number of benzene rings is 2. The molecule has 2 aromatic carbocycles. The van der Waals surface area contributed by atoms with E-state index in [0.717, 1.165) is 5.69 Å². The molecule has 3 rings (SSSR count). The van der Waals surface area contributed by atoms with E-state index in [9.17, 15) is 9.59 Å². The van der Waals surface area contributed by atoms with Crippen LogP contribution in [0.15, 0.2) is 67.3 Å². The van der Waals surface area contributed by atoms with Gasteiger partial charge in [0.1, 0.15) is 5.75 Å². The van der Waals surface area contributed by atoms with Gasteiger partial charge in [-0.25, -0.2) is 4.98 Å². The molecule has 0 aliphatic carbocycles. The number of amides is 1. The first-order valence-electron chi connectivity index (χ1n) is 8.72. The minimum absolute atomic E-state index is 0.0178. The molecular weight excluding hydrogens is 342 g/mol. The number of hydrogen-bond acceptors (Lipinski definition) is 4. The van der Waals surface area contributed by atoms with Gasteiger partial charge in [0.15, 0.2) is 5.78 Å². The fraction of sp³-hybridized carbons (Fsp3) is 0.190. The first-order valence-corrected chi connectivity index (χ1v) is 8.72. The predicted octanol–water partition coefficient (Wildman–Crippen LogP) is 3.87. The Morgan fingerprint density at radius 2 is 1.85 bits per heavy atom. The third kappa shape index (κ3) is 4.82. The number of rotatable bonds is 8. The molecule has 27 heavy (non-hydrogen) atoms. The van der Waals surface area contributed by atoms with E-state index >= 15 is 0 Å². The molecule has 0 aliphatic heterocycles. The quantitative estimate of drug-likeness (QED) is 0.617. The molecule has 6 nitrogen and oxygen atoms in total. The second kappa shape index (κ2) is 8.80. The standard InChI is InChI=1S/C21H21N3O3/c1-27-17-11-9-16(10-12-17)20(25)7-4-8-21(26)23-18-5-2-3-6-19(18)24-14-13-22-15-24/h2-3,5-6,9-15H,4,7-8H2,1H3,(H,23,26). The molecular formula is C21H21N3O3. The molecule has 138 valence electrons. The minimum Gasteiger partial charge on any atom is -0.497 e. The van der Waals surface area contributed by atoms with Crippen LogP contribution in [0.2, 0.25) is 0 Å². The van der Waals surface area contributed by atoms with Crippen molar-refractivity contribution in [2.45, 2.75) is 19.3 Å². The van der Waals surface area contributed by atoms with Crippen LogP contribution < -0.4 is 10.1 Å². The summed E-state index contributed by atoms with van der Waals surface area (Å²) in [5.41, 5.74) is 2.18. The van der Waals surface area contributed by atoms with Crippen LogP contribution in [0.1, 0.15) is 29.6 Å². The number of carbonyl (C=O) groups excluding carboxylic acids is 2. The SMILES string of the molecule is COc1ccc(C(=O)CCCC(=O)Nc2ccccc2-n2ccnc2)cc1. The summed E-state index contributed by atoms with van der Waals surface area (Å²) in [7, 11) is 1.58. The van der Waals surface area contributed by atoms with E-state index in [0.29, 0.717) is 29.8 Å². The lowest BCUT2D eigenvalue weighted by atomic mass is 10.1. The average Bonchev–Trinajstić information content (AvgIpc) is 3.23. The summed E-state index contributed by atoms with van der Waals surface area (Å²) in [6.45, 7) is 0. The molecule has 1 amide bonds. The number of hydrogen-bond donors (Lipinski definition) is 1. The Morgan fingerprint density at radius 1 is 1.07 bits per heavy atom. The molecule has 0 radical (unpaired) electrons. The van der Waals surface area contributed by atoms with E-state index in [4.69, 9.17) is 4.74 Å². The Morgan fingerprint density at radius 3 is 2.56 bits per heavy atom. The third-order valence-corrected chi connectivity index (χ3v) is 4.18. The highest BCUT2D eigenvalue weighted by atomic mass is 16.5. The van der Waals surface area contributed by atoms with Crippen molar-refractivity contribution in [2.75, 3.05) is 12.4 Å². The molecule has 1 aromatic heterocycles. The number of Topliss-reactive ketones (excluding diaryl/α,β-unsaturated/α-hetero) is 1. The van der Waals surface area contributed by atoms with Gasteiger partial charge in [0.25, 0.3) is 0 Å². The van der Waals surface area contributed by atoms with Crippen LogP contribution in [0.3, 0.4) is 0 Å². The van der Waals surface area contributed by atoms with Gasteiger partial charge in [-0.05, 0) is 42.8 Å². The summed E-state index contributed by atoms with van der Waals surface area (Å²) in [6, 6.07) is 14.5. The second-order valence-corrected chi connectivity index (χ2v) is 6.04. The van der Waals surface area contributed by atoms with Gasteiger partial charge in [-0.1, -0.05) is 12.1 Å². The van der Waals surface area contributed by atoms with Crippen LogP contribution in [0.5, 0.6) is 5.75 Å². The number of anilines is 1.